The summed E-state index contributed by atoms with van der Waals surface area (Å²) in [7, 11) is 3.88. The van der Waals surface area contributed by atoms with Crippen molar-refractivity contribution >= 4 is 8.96 Å². The van der Waals surface area contributed by atoms with Gasteiger partial charge in [-0.3, -0.25) is 0 Å². The fraction of sp³-hybridized carbons (Fsp3) is 0.250. The van der Waals surface area contributed by atoms with Crippen LogP contribution in [0.15, 0.2) is 60.7 Å². The molecule has 0 bridgehead atoms. The van der Waals surface area contributed by atoms with Crippen molar-refractivity contribution in [3.63, 3.8) is 0 Å². The maximum atomic E-state index is 2.42. The van der Waals surface area contributed by atoms with Gasteiger partial charge in [0.1, 0.15) is 8.96 Å². The SMILES string of the molecule is CN(C)[Si](Cc1ccccc1)Cc1ccccc1. The Morgan fingerprint density at radius 1 is 0.722 bits per heavy atom. The lowest BCUT2D eigenvalue weighted by atomic mass is 10.2. The molecular weight excluding hydrogens is 234 g/mol. The minimum Gasteiger partial charge on any atom is -0.329 e. The second kappa shape index (κ2) is 6.52. The second-order valence-corrected chi connectivity index (χ2v) is 7.52. The molecule has 93 valence electrons. The highest BCUT2D eigenvalue weighted by molar-refractivity contribution is 6.54. The van der Waals surface area contributed by atoms with Gasteiger partial charge >= 0.3 is 0 Å². The lowest BCUT2D eigenvalue weighted by Gasteiger charge is -2.22. The van der Waals surface area contributed by atoms with Gasteiger partial charge in [-0.15, -0.1) is 0 Å². The highest BCUT2D eigenvalue weighted by Crippen LogP contribution is 2.09. The zero-order chi connectivity index (χ0) is 12.8. The molecule has 0 heterocycles. The quantitative estimate of drug-likeness (QED) is 0.741. The monoisotopic (exact) mass is 254 g/mol. The van der Waals surface area contributed by atoms with E-state index in [9.17, 15) is 0 Å². The van der Waals surface area contributed by atoms with E-state index in [1.165, 1.54) is 23.2 Å². The van der Waals surface area contributed by atoms with E-state index in [2.05, 4.69) is 79.3 Å². The molecule has 2 aromatic rings. The number of benzene rings is 2. The molecule has 0 saturated carbocycles. The van der Waals surface area contributed by atoms with E-state index in [4.69, 9.17) is 0 Å². The van der Waals surface area contributed by atoms with Crippen LogP contribution >= 0.6 is 0 Å². The highest BCUT2D eigenvalue weighted by atomic mass is 28.3. The summed E-state index contributed by atoms with van der Waals surface area (Å²) in [5.41, 5.74) is 2.91. The molecule has 18 heavy (non-hydrogen) atoms. The second-order valence-electron chi connectivity index (χ2n) is 4.79. The van der Waals surface area contributed by atoms with Crippen LogP contribution in [-0.4, -0.2) is 27.6 Å². The fourth-order valence-corrected chi connectivity index (χ4v) is 4.21. The molecule has 2 rings (SSSR count). The summed E-state index contributed by atoms with van der Waals surface area (Å²) in [5, 5.41) is 0. The van der Waals surface area contributed by atoms with Crippen LogP contribution in [0, 0.1) is 0 Å². The Labute approximate surface area is 112 Å². The number of hydrogen-bond donors (Lipinski definition) is 0. The van der Waals surface area contributed by atoms with Crippen molar-refractivity contribution in [1.29, 1.82) is 0 Å². The molecule has 0 aliphatic heterocycles. The van der Waals surface area contributed by atoms with Gasteiger partial charge in [0.25, 0.3) is 0 Å². The molecule has 0 aliphatic rings. The first-order chi connectivity index (χ1) is 8.75. The van der Waals surface area contributed by atoms with Crippen molar-refractivity contribution in [2.24, 2.45) is 0 Å². The van der Waals surface area contributed by atoms with Crippen molar-refractivity contribution in [2.75, 3.05) is 14.1 Å². The van der Waals surface area contributed by atoms with Gasteiger partial charge in [0.05, 0.1) is 0 Å². The van der Waals surface area contributed by atoms with E-state index < -0.39 is 8.96 Å². The molecular formula is C16H20NSi. The third-order valence-corrected chi connectivity index (χ3v) is 6.03. The summed E-state index contributed by atoms with van der Waals surface area (Å²) in [6, 6.07) is 24.0. The molecule has 0 aliphatic carbocycles. The topological polar surface area (TPSA) is 3.24 Å². The first-order valence-corrected chi connectivity index (χ1v) is 8.22. The van der Waals surface area contributed by atoms with Gasteiger partial charge in [0.2, 0.25) is 0 Å². The molecule has 0 fully saturated rings. The average molecular weight is 254 g/mol. The molecule has 0 spiro atoms. The van der Waals surface area contributed by atoms with Gasteiger partial charge in [-0.1, -0.05) is 60.7 Å². The van der Waals surface area contributed by atoms with Crippen molar-refractivity contribution in [3.8, 4) is 0 Å². The minimum absolute atomic E-state index is 0.533. The van der Waals surface area contributed by atoms with E-state index in [1.807, 2.05) is 0 Å². The van der Waals surface area contributed by atoms with Gasteiger partial charge < -0.3 is 4.57 Å². The van der Waals surface area contributed by atoms with Crippen molar-refractivity contribution in [1.82, 2.24) is 4.57 Å². The summed E-state index contributed by atoms with van der Waals surface area (Å²) in [6.45, 7) is 0. The van der Waals surface area contributed by atoms with Gasteiger partial charge in [-0.25, -0.2) is 0 Å². The highest BCUT2D eigenvalue weighted by Gasteiger charge is 2.15. The number of hydrogen-bond acceptors (Lipinski definition) is 1. The Morgan fingerprint density at radius 3 is 1.44 bits per heavy atom. The van der Waals surface area contributed by atoms with Gasteiger partial charge in [0, 0.05) is 0 Å². The van der Waals surface area contributed by atoms with Gasteiger partial charge in [-0.2, -0.15) is 0 Å². The van der Waals surface area contributed by atoms with Crippen LogP contribution in [-0.2, 0) is 12.1 Å². The van der Waals surface area contributed by atoms with Crippen molar-refractivity contribution < 1.29 is 0 Å². The summed E-state index contributed by atoms with van der Waals surface area (Å²) >= 11 is 0. The van der Waals surface area contributed by atoms with Gasteiger partial charge in [-0.05, 0) is 37.3 Å². The van der Waals surface area contributed by atoms with Crippen LogP contribution in [0.25, 0.3) is 0 Å². The van der Waals surface area contributed by atoms with Crippen molar-refractivity contribution in [2.45, 2.75) is 12.1 Å². The Hall–Kier alpha value is -1.38. The summed E-state index contributed by atoms with van der Waals surface area (Å²) < 4.78 is 2.42. The Morgan fingerprint density at radius 2 is 1.11 bits per heavy atom. The average Bonchev–Trinajstić information content (AvgIpc) is 2.40. The first-order valence-electron chi connectivity index (χ1n) is 6.35. The molecule has 1 nitrogen and oxygen atoms in total. The predicted molar refractivity (Wildman–Crippen MR) is 79.7 cm³/mol. The van der Waals surface area contributed by atoms with E-state index in [1.54, 1.807) is 0 Å². The van der Waals surface area contributed by atoms with Crippen molar-refractivity contribution in [3.05, 3.63) is 71.8 Å². The minimum atomic E-state index is -0.533. The van der Waals surface area contributed by atoms with Crippen LogP contribution in [0.2, 0.25) is 0 Å². The summed E-state index contributed by atoms with van der Waals surface area (Å²) in [6.07, 6.45) is 0. The summed E-state index contributed by atoms with van der Waals surface area (Å²) in [5.74, 6) is 0. The Bertz CT molecular complexity index is 412. The molecule has 2 heteroatoms. The molecule has 0 amide bonds. The lowest BCUT2D eigenvalue weighted by molar-refractivity contribution is 0.630. The Balaban J connectivity index is 2.05. The summed E-state index contributed by atoms with van der Waals surface area (Å²) in [4.78, 5) is 0. The zero-order valence-corrected chi connectivity index (χ0v) is 12.1. The number of nitrogens with zero attached hydrogens (tertiary/aromatic N) is 1. The third kappa shape index (κ3) is 3.83. The molecule has 2 aromatic carbocycles. The molecule has 0 aromatic heterocycles. The largest absolute Gasteiger partial charge is 0.329 e. The van der Waals surface area contributed by atoms with Crippen LogP contribution in [0.3, 0.4) is 0 Å². The van der Waals surface area contributed by atoms with E-state index in [-0.39, 0.29) is 0 Å². The molecule has 0 unspecified atom stereocenters. The fourth-order valence-electron chi connectivity index (χ4n) is 2.04. The standard InChI is InChI=1S/C16H20NSi/c1-17(2)18(13-15-9-5-3-6-10-15)14-16-11-7-4-8-12-16/h3-12H,13-14H2,1-2H3. The van der Waals surface area contributed by atoms with E-state index in [0.717, 1.165) is 0 Å². The van der Waals surface area contributed by atoms with Crippen LogP contribution < -0.4 is 0 Å². The smallest absolute Gasteiger partial charge is 0.145 e. The normalized spacial score (nSPS) is 11.1. The third-order valence-electron chi connectivity index (χ3n) is 3.13. The maximum Gasteiger partial charge on any atom is 0.145 e. The number of rotatable bonds is 5. The van der Waals surface area contributed by atoms with Gasteiger partial charge in [0.15, 0.2) is 0 Å². The zero-order valence-electron chi connectivity index (χ0n) is 11.1. The Kier molecular flexibility index (Phi) is 4.73. The lowest BCUT2D eigenvalue weighted by Crippen LogP contribution is -2.37. The molecule has 0 saturated heterocycles. The van der Waals surface area contributed by atoms with Crippen LogP contribution in [0.1, 0.15) is 11.1 Å². The van der Waals surface area contributed by atoms with E-state index in [0.29, 0.717) is 0 Å². The molecule has 1 radical (unpaired) electrons. The van der Waals surface area contributed by atoms with Crippen LogP contribution in [0.5, 0.6) is 0 Å². The first kappa shape index (κ1) is 13.1. The molecule has 0 atom stereocenters. The van der Waals surface area contributed by atoms with Crippen LogP contribution in [0.4, 0.5) is 0 Å². The maximum absolute atomic E-state index is 2.42. The van der Waals surface area contributed by atoms with E-state index >= 15 is 0 Å². The molecule has 0 N–H and O–H groups in total. The predicted octanol–water partition coefficient (Wildman–Crippen LogP) is 3.10.